The Labute approximate surface area is 83.1 Å². The van der Waals surface area contributed by atoms with Crippen molar-refractivity contribution in [1.82, 2.24) is 0 Å². The molecule has 1 heteroatoms. The first kappa shape index (κ1) is 11.0. The molecule has 0 aromatic heterocycles. The first-order valence-electron chi connectivity index (χ1n) is 5.94. The minimum absolute atomic E-state index is 0.486. The summed E-state index contributed by atoms with van der Waals surface area (Å²) < 4.78 is 0. The van der Waals surface area contributed by atoms with Crippen LogP contribution < -0.4 is 5.73 Å². The molecule has 3 atom stereocenters. The van der Waals surface area contributed by atoms with E-state index in [2.05, 4.69) is 20.8 Å². The Kier molecular flexibility index (Phi) is 4.24. The fourth-order valence-corrected chi connectivity index (χ4v) is 2.66. The Morgan fingerprint density at radius 2 is 1.85 bits per heavy atom. The van der Waals surface area contributed by atoms with Gasteiger partial charge in [-0.05, 0) is 37.0 Å². The van der Waals surface area contributed by atoms with Gasteiger partial charge in [0.05, 0.1) is 0 Å². The molecule has 0 aromatic carbocycles. The molecule has 13 heavy (non-hydrogen) atoms. The lowest BCUT2D eigenvalue weighted by atomic mass is 9.85. The summed E-state index contributed by atoms with van der Waals surface area (Å²) in [5, 5.41) is 0. The van der Waals surface area contributed by atoms with Gasteiger partial charge in [-0.2, -0.15) is 0 Å². The molecule has 0 aromatic rings. The second-order valence-electron chi connectivity index (χ2n) is 4.78. The largest absolute Gasteiger partial charge is 0.327 e. The highest BCUT2D eigenvalue weighted by atomic mass is 14.7. The molecule has 3 unspecified atom stereocenters. The number of hydrogen-bond donors (Lipinski definition) is 1. The van der Waals surface area contributed by atoms with E-state index in [1.807, 2.05) is 0 Å². The zero-order chi connectivity index (χ0) is 9.84. The van der Waals surface area contributed by atoms with Crippen LogP contribution in [0.15, 0.2) is 0 Å². The summed E-state index contributed by atoms with van der Waals surface area (Å²) in [5.41, 5.74) is 6.03. The summed E-state index contributed by atoms with van der Waals surface area (Å²) in [6, 6.07) is 0.486. The zero-order valence-electron chi connectivity index (χ0n) is 9.42. The van der Waals surface area contributed by atoms with E-state index in [4.69, 9.17) is 5.73 Å². The zero-order valence-corrected chi connectivity index (χ0v) is 9.42. The smallest absolute Gasteiger partial charge is 0.00672 e. The highest BCUT2D eigenvalue weighted by Crippen LogP contribution is 2.36. The van der Waals surface area contributed by atoms with Gasteiger partial charge in [0.15, 0.2) is 0 Å². The maximum Gasteiger partial charge on any atom is 0.00672 e. The van der Waals surface area contributed by atoms with Crippen molar-refractivity contribution in [3.05, 3.63) is 0 Å². The molecule has 0 heterocycles. The fraction of sp³-hybridized carbons (Fsp3) is 1.00. The van der Waals surface area contributed by atoms with Gasteiger partial charge in [0.25, 0.3) is 0 Å². The second kappa shape index (κ2) is 4.99. The van der Waals surface area contributed by atoms with Crippen molar-refractivity contribution >= 4 is 0 Å². The molecular formula is C12H25N. The van der Waals surface area contributed by atoms with E-state index < -0.39 is 0 Å². The lowest BCUT2D eigenvalue weighted by Crippen LogP contribution is -2.25. The molecular weight excluding hydrogens is 158 g/mol. The van der Waals surface area contributed by atoms with E-state index in [9.17, 15) is 0 Å². The van der Waals surface area contributed by atoms with E-state index in [1.165, 1.54) is 32.1 Å². The van der Waals surface area contributed by atoms with Gasteiger partial charge >= 0.3 is 0 Å². The Hall–Kier alpha value is -0.0400. The normalized spacial score (nSPS) is 34.4. The van der Waals surface area contributed by atoms with Crippen molar-refractivity contribution in [2.75, 3.05) is 0 Å². The van der Waals surface area contributed by atoms with E-state index in [0.29, 0.717) is 6.04 Å². The third-order valence-corrected chi connectivity index (χ3v) is 4.08. The molecule has 1 aliphatic carbocycles. The van der Waals surface area contributed by atoms with Gasteiger partial charge < -0.3 is 5.73 Å². The summed E-state index contributed by atoms with van der Waals surface area (Å²) in [4.78, 5) is 0. The molecule has 1 saturated carbocycles. The van der Waals surface area contributed by atoms with Crippen molar-refractivity contribution in [2.45, 2.75) is 58.9 Å². The Balaban J connectivity index is 2.36. The van der Waals surface area contributed by atoms with Crippen LogP contribution in [-0.2, 0) is 0 Å². The maximum atomic E-state index is 6.03. The summed E-state index contributed by atoms with van der Waals surface area (Å²) in [6.07, 6.45) is 6.73. The summed E-state index contributed by atoms with van der Waals surface area (Å²) in [5.74, 6) is 2.62. The van der Waals surface area contributed by atoms with Gasteiger partial charge in [-0.1, -0.05) is 33.6 Å². The Bertz CT molecular complexity index is 140. The Morgan fingerprint density at radius 1 is 1.23 bits per heavy atom. The highest BCUT2D eigenvalue weighted by molar-refractivity contribution is 4.85. The van der Waals surface area contributed by atoms with E-state index in [-0.39, 0.29) is 0 Å². The summed E-state index contributed by atoms with van der Waals surface area (Å²) in [7, 11) is 0. The van der Waals surface area contributed by atoms with Gasteiger partial charge in [-0.3, -0.25) is 0 Å². The molecule has 2 N–H and O–H groups in total. The van der Waals surface area contributed by atoms with Crippen LogP contribution in [0.4, 0.5) is 0 Å². The number of nitrogens with two attached hydrogens (primary N) is 1. The minimum atomic E-state index is 0.486. The van der Waals surface area contributed by atoms with Crippen molar-refractivity contribution in [3.63, 3.8) is 0 Å². The van der Waals surface area contributed by atoms with E-state index >= 15 is 0 Å². The molecule has 1 nitrogen and oxygen atoms in total. The first-order valence-corrected chi connectivity index (χ1v) is 5.94. The average Bonchev–Trinajstić information content (AvgIpc) is 2.45. The Morgan fingerprint density at radius 3 is 2.23 bits per heavy atom. The lowest BCUT2D eigenvalue weighted by molar-refractivity contribution is 0.296. The third kappa shape index (κ3) is 2.70. The predicted octanol–water partition coefficient (Wildman–Crippen LogP) is 3.19. The minimum Gasteiger partial charge on any atom is -0.327 e. The molecule has 0 amide bonds. The fourth-order valence-electron chi connectivity index (χ4n) is 2.66. The van der Waals surface area contributed by atoms with Crippen LogP contribution in [0.1, 0.15) is 52.9 Å². The molecule has 0 aliphatic heterocycles. The van der Waals surface area contributed by atoms with E-state index in [0.717, 1.165) is 17.8 Å². The first-order chi connectivity index (χ1) is 6.19. The van der Waals surface area contributed by atoms with Crippen molar-refractivity contribution in [2.24, 2.45) is 23.5 Å². The van der Waals surface area contributed by atoms with Crippen LogP contribution in [0.2, 0.25) is 0 Å². The van der Waals surface area contributed by atoms with Crippen molar-refractivity contribution < 1.29 is 0 Å². The van der Waals surface area contributed by atoms with Gasteiger partial charge in [-0.25, -0.2) is 0 Å². The quantitative estimate of drug-likeness (QED) is 0.711. The van der Waals surface area contributed by atoms with Crippen LogP contribution in [0.25, 0.3) is 0 Å². The summed E-state index contributed by atoms with van der Waals surface area (Å²) in [6.45, 7) is 6.96. The molecule has 0 radical (unpaired) electrons. The molecule has 1 fully saturated rings. The van der Waals surface area contributed by atoms with Gasteiger partial charge in [0, 0.05) is 6.04 Å². The topological polar surface area (TPSA) is 26.0 Å². The van der Waals surface area contributed by atoms with Crippen molar-refractivity contribution in [1.29, 1.82) is 0 Å². The number of rotatable bonds is 4. The van der Waals surface area contributed by atoms with Crippen molar-refractivity contribution in [3.8, 4) is 0 Å². The maximum absolute atomic E-state index is 6.03. The van der Waals surface area contributed by atoms with Crippen LogP contribution in [0, 0.1) is 17.8 Å². The number of hydrogen-bond acceptors (Lipinski definition) is 1. The van der Waals surface area contributed by atoms with Crippen LogP contribution >= 0.6 is 0 Å². The molecule has 0 saturated heterocycles. The lowest BCUT2D eigenvalue weighted by Gasteiger charge is -2.22. The van der Waals surface area contributed by atoms with Gasteiger partial charge in [0.1, 0.15) is 0 Å². The van der Waals surface area contributed by atoms with Gasteiger partial charge in [0.2, 0.25) is 0 Å². The molecule has 0 spiro atoms. The standard InChI is InChI=1S/C12H25N/c1-4-10(5-2)8-11-6-7-12(13)9(11)3/h9-12H,4-8,13H2,1-3H3. The SMILES string of the molecule is CCC(CC)CC1CCC(N)C1C. The monoisotopic (exact) mass is 183 g/mol. The third-order valence-electron chi connectivity index (χ3n) is 4.08. The van der Waals surface area contributed by atoms with E-state index in [1.54, 1.807) is 0 Å². The second-order valence-corrected chi connectivity index (χ2v) is 4.78. The molecule has 78 valence electrons. The molecule has 1 rings (SSSR count). The van der Waals surface area contributed by atoms with Crippen LogP contribution in [-0.4, -0.2) is 6.04 Å². The summed E-state index contributed by atoms with van der Waals surface area (Å²) >= 11 is 0. The predicted molar refractivity (Wildman–Crippen MR) is 58.6 cm³/mol. The molecule has 0 bridgehead atoms. The van der Waals surface area contributed by atoms with Gasteiger partial charge in [-0.15, -0.1) is 0 Å². The molecule has 1 aliphatic rings. The average molecular weight is 183 g/mol. The highest BCUT2D eigenvalue weighted by Gasteiger charge is 2.30. The van der Waals surface area contributed by atoms with Crippen LogP contribution in [0.3, 0.4) is 0 Å². The van der Waals surface area contributed by atoms with Crippen LogP contribution in [0.5, 0.6) is 0 Å².